The van der Waals surface area contributed by atoms with Crippen molar-refractivity contribution < 1.29 is 14.7 Å². The summed E-state index contributed by atoms with van der Waals surface area (Å²) in [7, 11) is 1.84. The number of carbonyl (C=O) groups is 2. The van der Waals surface area contributed by atoms with Gasteiger partial charge in [-0.15, -0.1) is 0 Å². The molecule has 1 heterocycles. The van der Waals surface area contributed by atoms with Crippen molar-refractivity contribution in [2.24, 2.45) is 7.05 Å². The fraction of sp³-hybridized carbons (Fsp3) is 0.267. The van der Waals surface area contributed by atoms with E-state index in [-0.39, 0.29) is 18.7 Å². The van der Waals surface area contributed by atoms with E-state index in [2.05, 4.69) is 26.3 Å². The highest BCUT2D eigenvalue weighted by Gasteiger charge is 2.10. The monoisotopic (exact) mass is 365 g/mol. The van der Waals surface area contributed by atoms with E-state index in [0.29, 0.717) is 12.1 Å². The zero-order chi connectivity index (χ0) is 16.1. The van der Waals surface area contributed by atoms with Crippen LogP contribution >= 0.6 is 15.9 Å². The molecule has 0 bridgehead atoms. The van der Waals surface area contributed by atoms with Gasteiger partial charge < -0.3 is 10.4 Å². The van der Waals surface area contributed by atoms with Gasteiger partial charge in [-0.3, -0.25) is 14.3 Å². The van der Waals surface area contributed by atoms with Crippen molar-refractivity contribution in [2.75, 3.05) is 5.32 Å². The number of anilines is 1. The third-order valence-corrected chi connectivity index (χ3v) is 3.69. The Morgan fingerprint density at radius 1 is 1.36 bits per heavy atom. The van der Waals surface area contributed by atoms with Gasteiger partial charge in [-0.25, -0.2) is 0 Å². The molecule has 0 spiro atoms. The molecule has 0 aliphatic carbocycles. The number of nitrogens with one attached hydrogen (secondary N) is 1. The molecule has 1 amide bonds. The number of carbonyl (C=O) groups excluding carboxylic acids is 1. The lowest BCUT2D eigenvalue weighted by Gasteiger charge is -2.08. The Hall–Kier alpha value is -2.15. The number of aromatic nitrogens is 2. The number of hydrogen-bond donors (Lipinski definition) is 2. The van der Waals surface area contributed by atoms with Crippen LogP contribution in [0.1, 0.15) is 19.3 Å². The van der Waals surface area contributed by atoms with Crippen molar-refractivity contribution in [1.82, 2.24) is 9.78 Å². The number of halogens is 1. The van der Waals surface area contributed by atoms with Crippen LogP contribution in [0.4, 0.5) is 5.69 Å². The molecule has 2 aromatic rings. The van der Waals surface area contributed by atoms with E-state index in [9.17, 15) is 9.59 Å². The minimum absolute atomic E-state index is 0.00454. The number of aliphatic carboxylic acids is 1. The van der Waals surface area contributed by atoms with Gasteiger partial charge in [0.1, 0.15) is 0 Å². The maximum Gasteiger partial charge on any atom is 0.303 e. The lowest BCUT2D eigenvalue weighted by molar-refractivity contribution is -0.137. The highest BCUT2D eigenvalue weighted by atomic mass is 79.9. The first-order valence-corrected chi connectivity index (χ1v) is 7.56. The van der Waals surface area contributed by atoms with Crippen molar-refractivity contribution in [1.29, 1.82) is 0 Å². The summed E-state index contributed by atoms with van der Waals surface area (Å²) in [5.74, 6) is -1.08. The van der Waals surface area contributed by atoms with Crippen molar-refractivity contribution in [3.8, 4) is 11.3 Å². The molecule has 0 saturated heterocycles. The second-order valence-corrected chi connectivity index (χ2v) is 5.70. The third kappa shape index (κ3) is 4.17. The predicted octanol–water partition coefficient (Wildman–Crippen LogP) is 3.04. The molecule has 7 heteroatoms. The van der Waals surface area contributed by atoms with Crippen LogP contribution < -0.4 is 5.32 Å². The van der Waals surface area contributed by atoms with Crippen LogP contribution in [0.15, 0.2) is 34.9 Å². The summed E-state index contributed by atoms with van der Waals surface area (Å²) >= 11 is 3.45. The SMILES string of the molecule is Cn1ncc(Br)c1-c1cccc(NC(=O)CCCC(=O)O)c1. The predicted molar refractivity (Wildman–Crippen MR) is 86.5 cm³/mol. The van der Waals surface area contributed by atoms with Crippen LogP contribution in [0.2, 0.25) is 0 Å². The van der Waals surface area contributed by atoms with Gasteiger partial charge in [0.15, 0.2) is 0 Å². The first kappa shape index (κ1) is 16.2. The van der Waals surface area contributed by atoms with Crippen molar-refractivity contribution in [3.63, 3.8) is 0 Å². The number of aryl methyl sites for hydroxylation is 1. The smallest absolute Gasteiger partial charge is 0.303 e. The second kappa shape index (κ2) is 7.22. The van der Waals surface area contributed by atoms with E-state index < -0.39 is 5.97 Å². The molecular weight excluding hydrogens is 350 g/mol. The summed E-state index contributed by atoms with van der Waals surface area (Å²) < 4.78 is 2.62. The summed E-state index contributed by atoms with van der Waals surface area (Å²) in [6.45, 7) is 0. The van der Waals surface area contributed by atoms with Crippen LogP contribution in [-0.4, -0.2) is 26.8 Å². The number of amides is 1. The molecule has 0 aliphatic rings. The summed E-state index contributed by atoms with van der Waals surface area (Å²) in [4.78, 5) is 22.2. The zero-order valence-electron chi connectivity index (χ0n) is 12.0. The molecule has 2 N–H and O–H groups in total. The molecule has 0 aliphatic heterocycles. The Bertz CT molecular complexity index is 678. The zero-order valence-corrected chi connectivity index (χ0v) is 13.6. The van der Waals surface area contributed by atoms with Gasteiger partial charge in [0.25, 0.3) is 0 Å². The molecular formula is C15H16BrN3O3. The number of carboxylic acids is 1. The molecule has 2 rings (SSSR count). The van der Waals surface area contributed by atoms with Crippen LogP contribution in [-0.2, 0) is 16.6 Å². The number of rotatable bonds is 6. The molecule has 1 aromatic carbocycles. The van der Waals surface area contributed by atoms with E-state index >= 15 is 0 Å². The molecule has 0 saturated carbocycles. The topological polar surface area (TPSA) is 84.2 Å². The van der Waals surface area contributed by atoms with E-state index in [0.717, 1.165) is 15.7 Å². The quantitative estimate of drug-likeness (QED) is 0.823. The summed E-state index contributed by atoms with van der Waals surface area (Å²) in [6, 6.07) is 7.43. The number of hydrogen-bond acceptors (Lipinski definition) is 3. The average Bonchev–Trinajstić information content (AvgIpc) is 2.78. The molecule has 22 heavy (non-hydrogen) atoms. The molecule has 0 unspecified atom stereocenters. The fourth-order valence-corrected chi connectivity index (χ4v) is 2.68. The van der Waals surface area contributed by atoms with Crippen LogP contribution in [0.5, 0.6) is 0 Å². The lowest BCUT2D eigenvalue weighted by Crippen LogP contribution is -2.12. The number of benzene rings is 1. The Labute approximate surface area is 136 Å². The molecule has 1 aromatic heterocycles. The first-order valence-electron chi connectivity index (χ1n) is 6.77. The standard InChI is InChI=1S/C15H16BrN3O3/c1-19-15(12(16)9-17-19)10-4-2-5-11(8-10)18-13(20)6-3-7-14(21)22/h2,4-5,8-9H,3,6-7H2,1H3,(H,18,20)(H,21,22). The van der Waals surface area contributed by atoms with Gasteiger partial charge in [0.2, 0.25) is 5.91 Å². The Morgan fingerprint density at radius 3 is 2.77 bits per heavy atom. The largest absolute Gasteiger partial charge is 0.481 e. The number of carboxylic acid groups (broad SMARTS) is 1. The van der Waals surface area contributed by atoms with E-state index in [1.54, 1.807) is 16.9 Å². The molecule has 0 atom stereocenters. The second-order valence-electron chi connectivity index (χ2n) is 4.84. The molecule has 0 radical (unpaired) electrons. The van der Waals surface area contributed by atoms with E-state index in [1.165, 1.54) is 0 Å². The fourth-order valence-electron chi connectivity index (χ4n) is 2.10. The highest BCUT2D eigenvalue weighted by Crippen LogP contribution is 2.29. The minimum Gasteiger partial charge on any atom is -0.481 e. The first-order chi connectivity index (χ1) is 10.5. The van der Waals surface area contributed by atoms with Crippen LogP contribution in [0.3, 0.4) is 0 Å². The van der Waals surface area contributed by atoms with Gasteiger partial charge in [0, 0.05) is 31.1 Å². The molecule has 0 fully saturated rings. The lowest BCUT2D eigenvalue weighted by atomic mass is 10.1. The Kier molecular flexibility index (Phi) is 5.32. The average molecular weight is 366 g/mol. The van der Waals surface area contributed by atoms with Crippen molar-refractivity contribution >= 4 is 33.5 Å². The van der Waals surface area contributed by atoms with Gasteiger partial charge in [-0.2, -0.15) is 5.10 Å². The summed E-state index contributed by atoms with van der Waals surface area (Å²) in [5.41, 5.74) is 2.52. The normalized spacial score (nSPS) is 10.5. The Balaban J connectivity index is 2.06. The van der Waals surface area contributed by atoms with Gasteiger partial charge in [0.05, 0.1) is 16.4 Å². The van der Waals surface area contributed by atoms with Crippen molar-refractivity contribution in [2.45, 2.75) is 19.3 Å². The van der Waals surface area contributed by atoms with Gasteiger partial charge in [-0.05, 0) is 34.5 Å². The van der Waals surface area contributed by atoms with Crippen LogP contribution in [0, 0.1) is 0 Å². The van der Waals surface area contributed by atoms with Gasteiger partial charge in [-0.1, -0.05) is 12.1 Å². The highest BCUT2D eigenvalue weighted by molar-refractivity contribution is 9.10. The molecule has 116 valence electrons. The minimum atomic E-state index is -0.893. The van der Waals surface area contributed by atoms with Crippen LogP contribution in [0.25, 0.3) is 11.3 Å². The summed E-state index contributed by atoms with van der Waals surface area (Å²) in [5, 5.41) is 15.5. The maximum absolute atomic E-state index is 11.8. The number of nitrogens with zero attached hydrogens (tertiary/aromatic N) is 2. The van der Waals surface area contributed by atoms with Crippen molar-refractivity contribution in [3.05, 3.63) is 34.9 Å². The maximum atomic E-state index is 11.8. The third-order valence-electron chi connectivity index (χ3n) is 3.11. The van der Waals surface area contributed by atoms with E-state index in [1.807, 2.05) is 25.2 Å². The Morgan fingerprint density at radius 2 is 2.14 bits per heavy atom. The van der Waals surface area contributed by atoms with Gasteiger partial charge >= 0.3 is 5.97 Å². The van der Waals surface area contributed by atoms with E-state index in [4.69, 9.17) is 5.11 Å². The molecule has 6 nitrogen and oxygen atoms in total. The summed E-state index contributed by atoms with van der Waals surface area (Å²) in [6.07, 6.45) is 2.22.